The number of carboxylic acids is 1. The molecule has 0 aliphatic carbocycles. The average Bonchev–Trinajstić information content (AvgIpc) is 2.58. The van der Waals surface area contributed by atoms with E-state index in [1.807, 2.05) is 30.3 Å². The Morgan fingerprint density at radius 2 is 1.88 bits per heavy atom. The topological polar surface area (TPSA) is 40.5 Å². The number of benzene rings is 2. The highest BCUT2D eigenvalue weighted by atomic mass is 19.2. The Kier molecular flexibility index (Phi) is 4.90. The highest BCUT2D eigenvalue weighted by Gasteiger charge is 2.35. The smallest absolute Gasteiger partial charge is 0.307 e. The zero-order chi connectivity index (χ0) is 17.1. The average molecular weight is 331 g/mol. The van der Waals surface area contributed by atoms with Crippen LogP contribution in [0.1, 0.15) is 23.5 Å². The fraction of sp³-hybridized carbons (Fsp3) is 0.316. The second-order valence-electron chi connectivity index (χ2n) is 6.23. The van der Waals surface area contributed by atoms with Gasteiger partial charge in [0.15, 0.2) is 11.6 Å². The van der Waals surface area contributed by atoms with Crippen LogP contribution in [0.3, 0.4) is 0 Å². The van der Waals surface area contributed by atoms with Crippen molar-refractivity contribution in [2.24, 2.45) is 5.92 Å². The van der Waals surface area contributed by atoms with Crippen LogP contribution < -0.4 is 0 Å². The number of carboxylic acid groups (broad SMARTS) is 1. The molecule has 2 atom stereocenters. The van der Waals surface area contributed by atoms with E-state index >= 15 is 0 Å². The van der Waals surface area contributed by atoms with Crippen LogP contribution in [0.15, 0.2) is 48.5 Å². The molecule has 1 aliphatic rings. The van der Waals surface area contributed by atoms with E-state index in [1.54, 1.807) is 0 Å². The Labute approximate surface area is 139 Å². The van der Waals surface area contributed by atoms with Gasteiger partial charge in [0.1, 0.15) is 0 Å². The summed E-state index contributed by atoms with van der Waals surface area (Å²) in [7, 11) is 0. The van der Waals surface area contributed by atoms with Crippen molar-refractivity contribution in [1.29, 1.82) is 0 Å². The fourth-order valence-corrected chi connectivity index (χ4v) is 3.38. The minimum absolute atomic E-state index is 0.352. The number of nitrogens with zero attached hydrogens (tertiary/aromatic N) is 1. The van der Waals surface area contributed by atoms with Crippen molar-refractivity contribution in [2.75, 3.05) is 13.1 Å². The molecular weight excluding hydrogens is 312 g/mol. The third-order valence-electron chi connectivity index (χ3n) is 4.63. The Balaban J connectivity index is 1.82. The standard InChI is InChI=1S/C19H19F2NO2/c20-17-7-6-14(10-18(17)21)16-12-22(9-8-15(16)19(23)24)11-13-4-2-1-3-5-13/h1-7,10,15-16H,8-9,11-12H2,(H,23,24)/t15-,16-/m1/s1. The molecule has 0 amide bonds. The number of likely N-dealkylation sites (tertiary alicyclic amines) is 1. The largest absolute Gasteiger partial charge is 0.481 e. The van der Waals surface area contributed by atoms with Gasteiger partial charge in [-0.25, -0.2) is 8.78 Å². The van der Waals surface area contributed by atoms with E-state index in [0.29, 0.717) is 31.6 Å². The predicted molar refractivity (Wildman–Crippen MR) is 86.6 cm³/mol. The first-order valence-corrected chi connectivity index (χ1v) is 7.98. The van der Waals surface area contributed by atoms with E-state index < -0.39 is 23.5 Å². The molecule has 24 heavy (non-hydrogen) atoms. The number of hydrogen-bond donors (Lipinski definition) is 1. The van der Waals surface area contributed by atoms with Gasteiger partial charge in [-0.05, 0) is 36.2 Å². The van der Waals surface area contributed by atoms with Gasteiger partial charge < -0.3 is 5.11 Å². The first kappa shape index (κ1) is 16.6. The van der Waals surface area contributed by atoms with Gasteiger partial charge in [-0.1, -0.05) is 36.4 Å². The maximum atomic E-state index is 13.6. The molecule has 1 N–H and O–H groups in total. The van der Waals surface area contributed by atoms with E-state index in [9.17, 15) is 18.7 Å². The highest BCUT2D eigenvalue weighted by molar-refractivity contribution is 5.71. The van der Waals surface area contributed by atoms with Crippen molar-refractivity contribution in [3.63, 3.8) is 0 Å². The van der Waals surface area contributed by atoms with Crippen molar-refractivity contribution >= 4 is 5.97 Å². The summed E-state index contributed by atoms with van der Waals surface area (Å²) >= 11 is 0. The predicted octanol–water partition coefficient (Wildman–Crippen LogP) is 3.66. The molecule has 1 fully saturated rings. The lowest BCUT2D eigenvalue weighted by molar-refractivity contribution is -0.144. The van der Waals surface area contributed by atoms with Crippen LogP contribution in [0, 0.1) is 17.6 Å². The zero-order valence-corrected chi connectivity index (χ0v) is 13.2. The maximum absolute atomic E-state index is 13.6. The third kappa shape index (κ3) is 3.62. The molecule has 2 aromatic rings. The monoisotopic (exact) mass is 331 g/mol. The first-order chi connectivity index (χ1) is 11.5. The molecule has 1 aliphatic heterocycles. The second-order valence-corrected chi connectivity index (χ2v) is 6.23. The second kappa shape index (κ2) is 7.09. The van der Waals surface area contributed by atoms with Gasteiger partial charge in [0, 0.05) is 19.0 Å². The molecule has 126 valence electrons. The molecular formula is C19H19F2NO2. The molecule has 0 bridgehead atoms. The normalized spacial score (nSPS) is 21.6. The number of aliphatic carboxylic acids is 1. The molecule has 2 aromatic carbocycles. The molecule has 5 heteroatoms. The fourth-order valence-electron chi connectivity index (χ4n) is 3.38. The van der Waals surface area contributed by atoms with E-state index in [-0.39, 0.29) is 5.92 Å². The van der Waals surface area contributed by atoms with Crippen LogP contribution in [0.25, 0.3) is 0 Å². The summed E-state index contributed by atoms with van der Waals surface area (Å²) in [6.07, 6.45) is 0.492. The molecule has 1 heterocycles. The van der Waals surface area contributed by atoms with Gasteiger partial charge in [-0.15, -0.1) is 0 Å². The lowest BCUT2D eigenvalue weighted by atomic mass is 9.80. The van der Waals surface area contributed by atoms with Crippen LogP contribution in [0.5, 0.6) is 0 Å². The summed E-state index contributed by atoms with van der Waals surface area (Å²) in [5.41, 5.74) is 1.69. The van der Waals surface area contributed by atoms with Crippen LogP contribution in [0.2, 0.25) is 0 Å². The highest BCUT2D eigenvalue weighted by Crippen LogP contribution is 2.34. The Bertz CT molecular complexity index is 721. The molecule has 0 saturated carbocycles. The summed E-state index contributed by atoms with van der Waals surface area (Å²) < 4.78 is 26.8. The van der Waals surface area contributed by atoms with E-state index in [1.165, 1.54) is 6.07 Å². The lowest BCUT2D eigenvalue weighted by Gasteiger charge is -2.37. The number of rotatable bonds is 4. The molecule has 3 nitrogen and oxygen atoms in total. The van der Waals surface area contributed by atoms with Gasteiger partial charge in [-0.3, -0.25) is 9.69 Å². The minimum Gasteiger partial charge on any atom is -0.481 e. The molecule has 0 radical (unpaired) electrons. The Hall–Kier alpha value is -2.27. The van der Waals surface area contributed by atoms with Crippen LogP contribution in [0.4, 0.5) is 8.78 Å². The molecule has 0 unspecified atom stereocenters. The maximum Gasteiger partial charge on any atom is 0.307 e. The van der Waals surface area contributed by atoms with Crippen molar-refractivity contribution in [3.8, 4) is 0 Å². The molecule has 0 aromatic heterocycles. The van der Waals surface area contributed by atoms with Crippen molar-refractivity contribution in [3.05, 3.63) is 71.3 Å². The third-order valence-corrected chi connectivity index (χ3v) is 4.63. The van der Waals surface area contributed by atoms with Crippen molar-refractivity contribution in [1.82, 2.24) is 4.90 Å². The van der Waals surface area contributed by atoms with Gasteiger partial charge in [0.2, 0.25) is 0 Å². The number of piperidine rings is 1. The summed E-state index contributed by atoms with van der Waals surface area (Å²) in [5, 5.41) is 9.48. The van der Waals surface area contributed by atoms with Gasteiger partial charge in [0.05, 0.1) is 5.92 Å². The van der Waals surface area contributed by atoms with E-state index in [4.69, 9.17) is 0 Å². The quantitative estimate of drug-likeness (QED) is 0.929. The minimum atomic E-state index is -0.933. The summed E-state index contributed by atoms with van der Waals surface area (Å²) in [4.78, 5) is 13.7. The van der Waals surface area contributed by atoms with Crippen molar-refractivity contribution < 1.29 is 18.7 Å². The zero-order valence-electron chi connectivity index (χ0n) is 13.2. The Morgan fingerprint density at radius 1 is 1.12 bits per heavy atom. The van der Waals surface area contributed by atoms with E-state index in [0.717, 1.165) is 17.7 Å². The van der Waals surface area contributed by atoms with Crippen LogP contribution in [-0.2, 0) is 11.3 Å². The summed E-state index contributed by atoms with van der Waals surface area (Å²) in [5.74, 6) is -3.67. The summed E-state index contributed by atoms with van der Waals surface area (Å²) in [6.45, 7) is 1.90. The SMILES string of the molecule is O=C(O)[C@@H]1CCN(Cc2ccccc2)C[C@@H]1c1ccc(F)c(F)c1. The van der Waals surface area contributed by atoms with Gasteiger partial charge in [-0.2, -0.15) is 0 Å². The lowest BCUT2D eigenvalue weighted by Crippen LogP contribution is -2.41. The molecule has 3 rings (SSSR count). The van der Waals surface area contributed by atoms with Crippen LogP contribution >= 0.6 is 0 Å². The molecule has 0 spiro atoms. The van der Waals surface area contributed by atoms with Gasteiger partial charge >= 0.3 is 5.97 Å². The van der Waals surface area contributed by atoms with Crippen LogP contribution in [-0.4, -0.2) is 29.1 Å². The number of carbonyl (C=O) groups is 1. The number of hydrogen-bond acceptors (Lipinski definition) is 2. The molecule has 1 saturated heterocycles. The first-order valence-electron chi connectivity index (χ1n) is 7.98. The summed E-state index contributed by atoms with van der Waals surface area (Å²) in [6, 6.07) is 13.6. The van der Waals surface area contributed by atoms with Gasteiger partial charge in [0.25, 0.3) is 0 Å². The number of halogens is 2. The van der Waals surface area contributed by atoms with E-state index in [2.05, 4.69) is 4.90 Å². The Morgan fingerprint density at radius 3 is 2.54 bits per heavy atom. The van der Waals surface area contributed by atoms with Crippen molar-refractivity contribution in [2.45, 2.75) is 18.9 Å².